The number of para-hydroxylation sites is 1. The molecule has 2 amide bonds. The Morgan fingerprint density at radius 2 is 1.81 bits per heavy atom. The largest absolute Gasteiger partial charge is 0.462 e. The molecule has 0 aliphatic carbocycles. The highest BCUT2D eigenvalue weighted by molar-refractivity contribution is 6.11. The number of amides is 2. The Kier molecular flexibility index (Phi) is 6.65. The van der Waals surface area contributed by atoms with Gasteiger partial charge in [0.1, 0.15) is 5.41 Å². The van der Waals surface area contributed by atoms with Gasteiger partial charge in [0.05, 0.1) is 17.9 Å². The molecule has 27 heavy (non-hydrogen) atoms. The van der Waals surface area contributed by atoms with Crippen LogP contribution < -0.4 is 10.6 Å². The fraction of sp³-hybridized carbons (Fsp3) is 0.300. The standard InChI is InChI=1S/C20H23N3O4/c1-4-27-17(24)15-9-5-6-10-16(15)23-19(26)20(2,3)18(25)22-13-14-8-7-11-21-12-14/h5-12H,4,13H2,1-3H3,(H,22,25)(H,23,26). The Balaban J connectivity index is 2.07. The molecule has 2 N–H and O–H groups in total. The third-order valence-corrected chi connectivity index (χ3v) is 3.98. The molecular formula is C20H23N3O4. The summed E-state index contributed by atoms with van der Waals surface area (Å²) in [7, 11) is 0. The number of hydrogen-bond donors (Lipinski definition) is 2. The first-order valence-corrected chi connectivity index (χ1v) is 8.61. The van der Waals surface area contributed by atoms with E-state index in [1.54, 1.807) is 49.6 Å². The first kappa shape index (κ1) is 20.1. The molecule has 2 aromatic rings. The van der Waals surface area contributed by atoms with E-state index in [4.69, 9.17) is 4.74 Å². The summed E-state index contributed by atoms with van der Waals surface area (Å²) in [6, 6.07) is 10.1. The molecule has 1 aromatic heterocycles. The molecule has 0 saturated heterocycles. The van der Waals surface area contributed by atoms with Crippen LogP contribution in [0.4, 0.5) is 5.69 Å². The monoisotopic (exact) mass is 369 g/mol. The summed E-state index contributed by atoms with van der Waals surface area (Å²) >= 11 is 0. The first-order valence-electron chi connectivity index (χ1n) is 8.61. The van der Waals surface area contributed by atoms with E-state index in [0.29, 0.717) is 5.69 Å². The van der Waals surface area contributed by atoms with Crippen molar-refractivity contribution in [2.75, 3.05) is 11.9 Å². The predicted molar refractivity (Wildman–Crippen MR) is 101 cm³/mol. The summed E-state index contributed by atoms with van der Waals surface area (Å²) < 4.78 is 5.00. The number of anilines is 1. The second-order valence-electron chi connectivity index (χ2n) is 6.39. The molecule has 0 aliphatic heterocycles. The SMILES string of the molecule is CCOC(=O)c1ccccc1NC(=O)C(C)(C)C(=O)NCc1cccnc1. The minimum atomic E-state index is -1.34. The lowest BCUT2D eigenvalue weighted by Crippen LogP contribution is -2.45. The van der Waals surface area contributed by atoms with E-state index in [0.717, 1.165) is 5.56 Å². The van der Waals surface area contributed by atoms with Gasteiger partial charge in [0.2, 0.25) is 11.8 Å². The van der Waals surface area contributed by atoms with Gasteiger partial charge in [0.15, 0.2) is 0 Å². The highest BCUT2D eigenvalue weighted by atomic mass is 16.5. The number of nitrogens with one attached hydrogen (secondary N) is 2. The summed E-state index contributed by atoms with van der Waals surface area (Å²) in [5, 5.41) is 5.39. The van der Waals surface area contributed by atoms with Crippen LogP contribution in [0.2, 0.25) is 0 Å². The molecule has 0 unspecified atom stereocenters. The third kappa shape index (κ3) is 5.13. The maximum absolute atomic E-state index is 12.7. The number of ether oxygens (including phenoxy) is 1. The summed E-state index contributed by atoms with van der Waals surface area (Å²) in [5.74, 6) is -1.49. The molecule has 7 nitrogen and oxygen atoms in total. The van der Waals surface area contributed by atoms with Gasteiger partial charge in [0.25, 0.3) is 0 Å². The maximum Gasteiger partial charge on any atom is 0.340 e. The third-order valence-electron chi connectivity index (χ3n) is 3.98. The maximum atomic E-state index is 12.7. The van der Waals surface area contributed by atoms with Crippen LogP contribution in [0.25, 0.3) is 0 Å². The highest BCUT2D eigenvalue weighted by Gasteiger charge is 2.36. The average molecular weight is 369 g/mol. The van der Waals surface area contributed by atoms with Gasteiger partial charge in [-0.3, -0.25) is 14.6 Å². The summed E-state index contributed by atoms with van der Waals surface area (Å²) in [6.45, 7) is 5.24. The van der Waals surface area contributed by atoms with Gasteiger partial charge in [-0.2, -0.15) is 0 Å². The van der Waals surface area contributed by atoms with Gasteiger partial charge in [-0.05, 0) is 44.5 Å². The van der Waals surface area contributed by atoms with Gasteiger partial charge in [-0.15, -0.1) is 0 Å². The summed E-state index contributed by atoms with van der Waals surface area (Å²) in [6.07, 6.45) is 3.28. The number of carbonyl (C=O) groups is 3. The average Bonchev–Trinajstić information content (AvgIpc) is 2.67. The predicted octanol–water partition coefficient (Wildman–Crippen LogP) is 2.54. The van der Waals surface area contributed by atoms with Crippen molar-refractivity contribution in [3.63, 3.8) is 0 Å². The number of rotatable bonds is 7. The normalized spacial score (nSPS) is 10.8. The van der Waals surface area contributed by atoms with E-state index in [-0.39, 0.29) is 18.7 Å². The zero-order chi connectivity index (χ0) is 19.9. The van der Waals surface area contributed by atoms with E-state index in [9.17, 15) is 14.4 Å². The number of pyridine rings is 1. The molecule has 0 atom stereocenters. The van der Waals surface area contributed by atoms with Crippen molar-refractivity contribution in [2.24, 2.45) is 5.41 Å². The Bertz CT molecular complexity index is 819. The smallest absolute Gasteiger partial charge is 0.340 e. The molecule has 0 fully saturated rings. The van der Waals surface area contributed by atoms with E-state index in [1.165, 1.54) is 13.8 Å². The molecule has 7 heteroatoms. The van der Waals surface area contributed by atoms with Crippen molar-refractivity contribution >= 4 is 23.5 Å². The van der Waals surface area contributed by atoms with Gasteiger partial charge >= 0.3 is 5.97 Å². The lowest BCUT2D eigenvalue weighted by molar-refractivity contribution is -0.138. The molecule has 0 aliphatic rings. The molecular weight excluding hydrogens is 346 g/mol. The highest BCUT2D eigenvalue weighted by Crippen LogP contribution is 2.22. The Morgan fingerprint density at radius 1 is 1.07 bits per heavy atom. The zero-order valence-corrected chi connectivity index (χ0v) is 15.6. The second kappa shape index (κ2) is 8.93. The molecule has 0 saturated carbocycles. The minimum absolute atomic E-state index is 0.226. The second-order valence-corrected chi connectivity index (χ2v) is 6.39. The van der Waals surface area contributed by atoms with Crippen molar-refractivity contribution in [3.05, 3.63) is 59.9 Å². The number of esters is 1. The number of benzene rings is 1. The van der Waals surface area contributed by atoms with E-state index < -0.39 is 23.2 Å². The minimum Gasteiger partial charge on any atom is -0.462 e. The van der Waals surface area contributed by atoms with E-state index in [2.05, 4.69) is 15.6 Å². The van der Waals surface area contributed by atoms with Crippen LogP contribution in [0, 0.1) is 5.41 Å². The molecule has 0 spiro atoms. The van der Waals surface area contributed by atoms with Crippen molar-refractivity contribution in [1.82, 2.24) is 10.3 Å². The fourth-order valence-electron chi connectivity index (χ4n) is 2.27. The topological polar surface area (TPSA) is 97.4 Å². The van der Waals surface area contributed by atoms with Crippen LogP contribution in [0.3, 0.4) is 0 Å². The molecule has 0 bridgehead atoms. The fourth-order valence-corrected chi connectivity index (χ4v) is 2.27. The van der Waals surface area contributed by atoms with Crippen molar-refractivity contribution in [1.29, 1.82) is 0 Å². The van der Waals surface area contributed by atoms with Crippen LogP contribution >= 0.6 is 0 Å². The van der Waals surface area contributed by atoms with Crippen LogP contribution in [-0.2, 0) is 20.9 Å². The molecule has 0 radical (unpaired) electrons. The number of hydrogen-bond acceptors (Lipinski definition) is 5. The zero-order valence-electron chi connectivity index (χ0n) is 15.6. The molecule has 1 aromatic carbocycles. The Labute approximate surface area is 158 Å². The van der Waals surface area contributed by atoms with E-state index >= 15 is 0 Å². The van der Waals surface area contributed by atoms with Crippen LogP contribution in [-0.4, -0.2) is 29.4 Å². The van der Waals surface area contributed by atoms with Crippen LogP contribution in [0.15, 0.2) is 48.8 Å². The Hall–Kier alpha value is -3.22. The quantitative estimate of drug-likeness (QED) is 0.577. The van der Waals surface area contributed by atoms with Crippen molar-refractivity contribution < 1.29 is 19.1 Å². The van der Waals surface area contributed by atoms with E-state index in [1.807, 2.05) is 6.07 Å². The lowest BCUT2D eigenvalue weighted by atomic mass is 9.90. The van der Waals surface area contributed by atoms with Gasteiger partial charge in [0, 0.05) is 18.9 Å². The number of aromatic nitrogens is 1. The summed E-state index contributed by atoms with van der Waals surface area (Å²) in [4.78, 5) is 41.2. The van der Waals surface area contributed by atoms with Crippen molar-refractivity contribution in [3.8, 4) is 0 Å². The number of nitrogens with zero attached hydrogens (tertiary/aromatic N) is 1. The summed E-state index contributed by atoms with van der Waals surface area (Å²) in [5.41, 5.74) is 0.0207. The molecule has 1 heterocycles. The van der Waals surface area contributed by atoms with Crippen LogP contribution in [0.1, 0.15) is 36.7 Å². The molecule has 142 valence electrons. The first-order chi connectivity index (χ1) is 12.9. The van der Waals surface area contributed by atoms with Gasteiger partial charge in [-0.25, -0.2) is 4.79 Å². The van der Waals surface area contributed by atoms with Crippen LogP contribution in [0.5, 0.6) is 0 Å². The number of carbonyl (C=O) groups excluding carboxylic acids is 3. The molecule has 2 rings (SSSR count). The van der Waals surface area contributed by atoms with Gasteiger partial charge < -0.3 is 15.4 Å². The lowest BCUT2D eigenvalue weighted by Gasteiger charge is -2.23. The Morgan fingerprint density at radius 3 is 2.48 bits per heavy atom. The van der Waals surface area contributed by atoms with Crippen molar-refractivity contribution in [2.45, 2.75) is 27.3 Å². The van der Waals surface area contributed by atoms with Gasteiger partial charge in [-0.1, -0.05) is 18.2 Å².